The Balaban J connectivity index is 1.69. The van der Waals surface area contributed by atoms with Crippen LogP contribution in [-0.2, 0) is 4.79 Å². The number of carbonyl (C=O) groups is 2. The molecule has 2 aromatic carbocycles. The lowest BCUT2D eigenvalue weighted by molar-refractivity contribution is -0.122. The van der Waals surface area contributed by atoms with E-state index >= 15 is 0 Å². The molecule has 0 spiro atoms. The number of likely N-dealkylation sites (tertiary alicyclic amines) is 1. The molecule has 1 fully saturated rings. The van der Waals surface area contributed by atoms with Crippen molar-refractivity contribution in [3.63, 3.8) is 0 Å². The number of anilines is 1. The summed E-state index contributed by atoms with van der Waals surface area (Å²) in [7, 11) is 0. The van der Waals surface area contributed by atoms with Crippen molar-refractivity contribution in [1.29, 1.82) is 0 Å². The maximum absolute atomic E-state index is 13.0. The fourth-order valence-corrected chi connectivity index (χ4v) is 3.44. The molecule has 1 N–H and O–H groups in total. The van der Waals surface area contributed by atoms with Crippen LogP contribution >= 0.6 is 11.6 Å². The van der Waals surface area contributed by atoms with Crippen molar-refractivity contribution < 1.29 is 14.3 Å². The summed E-state index contributed by atoms with van der Waals surface area (Å²) in [6, 6.07) is 14.0. The molecule has 1 aliphatic heterocycles. The number of halogens is 1. The standard InChI is InChI=1S/C22H25ClN2O3/c1-16(28-18-10-8-9-17(23)15-18)21(26)24-20-12-5-4-11-19(20)22(27)25-13-6-2-3-7-14-25/h4-5,8-12,15-16H,2-3,6-7,13-14H2,1H3,(H,24,26)/t16-/m0/s1. The van der Waals surface area contributed by atoms with Gasteiger partial charge in [0.2, 0.25) is 0 Å². The fourth-order valence-electron chi connectivity index (χ4n) is 3.26. The molecule has 2 aromatic rings. The summed E-state index contributed by atoms with van der Waals surface area (Å²) in [5, 5.41) is 3.38. The van der Waals surface area contributed by atoms with E-state index in [1.165, 1.54) is 0 Å². The third-order valence-corrected chi connectivity index (χ3v) is 5.02. The normalized spacial score (nSPS) is 15.4. The van der Waals surface area contributed by atoms with Crippen molar-refractivity contribution in [2.24, 2.45) is 0 Å². The molecule has 0 radical (unpaired) electrons. The first-order valence-corrected chi connectivity index (χ1v) is 10.0. The number of amides is 2. The first kappa shape index (κ1) is 20.2. The summed E-state index contributed by atoms with van der Waals surface area (Å²) in [6.45, 7) is 3.18. The molecule has 1 heterocycles. The molecule has 6 heteroatoms. The summed E-state index contributed by atoms with van der Waals surface area (Å²) in [4.78, 5) is 27.5. The topological polar surface area (TPSA) is 58.6 Å². The zero-order valence-corrected chi connectivity index (χ0v) is 16.7. The van der Waals surface area contributed by atoms with Crippen molar-refractivity contribution in [1.82, 2.24) is 4.90 Å². The van der Waals surface area contributed by atoms with E-state index in [9.17, 15) is 9.59 Å². The van der Waals surface area contributed by atoms with Crippen LogP contribution in [0.2, 0.25) is 5.02 Å². The summed E-state index contributed by atoms with van der Waals surface area (Å²) in [5.41, 5.74) is 1.01. The van der Waals surface area contributed by atoms with Crippen LogP contribution in [0.3, 0.4) is 0 Å². The average Bonchev–Trinajstić information content (AvgIpc) is 2.97. The molecule has 1 saturated heterocycles. The van der Waals surface area contributed by atoms with Crippen LogP contribution in [-0.4, -0.2) is 35.9 Å². The van der Waals surface area contributed by atoms with Gasteiger partial charge in [-0.1, -0.05) is 42.6 Å². The first-order chi connectivity index (χ1) is 13.5. The Morgan fingerprint density at radius 1 is 1.04 bits per heavy atom. The molecule has 3 rings (SSSR count). The summed E-state index contributed by atoms with van der Waals surface area (Å²) in [5.74, 6) is 0.154. The Labute approximate surface area is 170 Å². The third-order valence-electron chi connectivity index (χ3n) is 4.79. The average molecular weight is 401 g/mol. The number of nitrogens with zero attached hydrogens (tertiary/aromatic N) is 1. The van der Waals surface area contributed by atoms with Crippen LogP contribution in [0.5, 0.6) is 5.75 Å². The lowest BCUT2D eigenvalue weighted by atomic mass is 10.1. The highest BCUT2D eigenvalue weighted by Gasteiger charge is 2.22. The number of hydrogen-bond donors (Lipinski definition) is 1. The van der Waals surface area contributed by atoms with Crippen LogP contribution in [0.25, 0.3) is 0 Å². The highest BCUT2D eigenvalue weighted by Crippen LogP contribution is 2.22. The van der Waals surface area contributed by atoms with Gasteiger partial charge in [-0.2, -0.15) is 0 Å². The number of benzene rings is 2. The van der Waals surface area contributed by atoms with Gasteiger partial charge in [-0.25, -0.2) is 0 Å². The molecule has 0 bridgehead atoms. The minimum atomic E-state index is -0.736. The number of para-hydroxylation sites is 1. The second-order valence-electron chi connectivity index (χ2n) is 6.96. The second kappa shape index (κ2) is 9.60. The van der Waals surface area contributed by atoms with Gasteiger partial charge in [0.15, 0.2) is 6.10 Å². The van der Waals surface area contributed by atoms with Gasteiger partial charge >= 0.3 is 0 Å². The van der Waals surface area contributed by atoms with Gasteiger partial charge in [0, 0.05) is 18.1 Å². The van der Waals surface area contributed by atoms with Gasteiger partial charge in [0.1, 0.15) is 5.75 Å². The zero-order chi connectivity index (χ0) is 19.9. The Kier molecular flexibility index (Phi) is 6.93. The van der Waals surface area contributed by atoms with Crippen LogP contribution < -0.4 is 10.1 Å². The Hall–Kier alpha value is -2.53. The molecule has 5 nitrogen and oxygen atoms in total. The zero-order valence-electron chi connectivity index (χ0n) is 16.0. The van der Waals surface area contributed by atoms with Gasteiger partial charge in [-0.3, -0.25) is 9.59 Å². The molecular weight excluding hydrogens is 376 g/mol. The van der Waals surface area contributed by atoms with E-state index in [0.29, 0.717) is 22.0 Å². The SMILES string of the molecule is C[C@H](Oc1cccc(Cl)c1)C(=O)Nc1ccccc1C(=O)N1CCCCCC1. The van der Waals surface area contributed by atoms with Crippen molar-refractivity contribution in [2.75, 3.05) is 18.4 Å². The minimum Gasteiger partial charge on any atom is -0.481 e. The van der Waals surface area contributed by atoms with Gasteiger partial charge < -0.3 is 15.0 Å². The summed E-state index contributed by atoms with van der Waals surface area (Å²) >= 11 is 5.96. The molecule has 0 aliphatic carbocycles. The van der Waals surface area contributed by atoms with E-state index in [-0.39, 0.29) is 11.8 Å². The predicted octanol–water partition coefficient (Wildman–Crippen LogP) is 4.76. The molecule has 0 saturated carbocycles. The van der Waals surface area contributed by atoms with Gasteiger partial charge in [0.05, 0.1) is 11.3 Å². The first-order valence-electron chi connectivity index (χ1n) is 9.66. The van der Waals surface area contributed by atoms with Crippen molar-refractivity contribution in [3.8, 4) is 5.75 Å². The number of carbonyl (C=O) groups excluding carboxylic acids is 2. The molecule has 0 unspecified atom stereocenters. The number of ether oxygens (including phenoxy) is 1. The lowest BCUT2D eigenvalue weighted by Crippen LogP contribution is -2.34. The largest absolute Gasteiger partial charge is 0.481 e. The van der Waals surface area contributed by atoms with Crippen molar-refractivity contribution >= 4 is 29.1 Å². The number of nitrogens with one attached hydrogen (secondary N) is 1. The van der Waals surface area contributed by atoms with Crippen molar-refractivity contribution in [2.45, 2.75) is 38.7 Å². The van der Waals surface area contributed by atoms with E-state index in [0.717, 1.165) is 38.8 Å². The summed E-state index contributed by atoms with van der Waals surface area (Å²) < 4.78 is 5.67. The Bertz CT molecular complexity index is 832. The van der Waals surface area contributed by atoms with Gasteiger partial charge in [0.25, 0.3) is 11.8 Å². The smallest absolute Gasteiger partial charge is 0.265 e. The van der Waals surface area contributed by atoms with Crippen LogP contribution in [0, 0.1) is 0 Å². The highest BCUT2D eigenvalue weighted by atomic mass is 35.5. The van der Waals surface area contributed by atoms with E-state index in [2.05, 4.69) is 5.32 Å². The van der Waals surface area contributed by atoms with Crippen LogP contribution in [0.4, 0.5) is 5.69 Å². The maximum atomic E-state index is 13.0. The Morgan fingerprint density at radius 3 is 2.46 bits per heavy atom. The summed E-state index contributed by atoms with van der Waals surface area (Å²) in [6.07, 6.45) is 3.61. The van der Waals surface area contributed by atoms with E-state index in [1.807, 2.05) is 11.0 Å². The molecular formula is C22H25ClN2O3. The molecule has 1 atom stereocenters. The molecule has 1 aliphatic rings. The second-order valence-corrected chi connectivity index (χ2v) is 7.40. The van der Waals surface area contributed by atoms with E-state index < -0.39 is 6.10 Å². The van der Waals surface area contributed by atoms with E-state index in [4.69, 9.17) is 16.3 Å². The molecule has 28 heavy (non-hydrogen) atoms. The third kappa shape index (κ3) is 5.26. The van der Waals surface area contributed by atoms with Crippen LogP contribution in [0.15, 0.2) is 48.5 Å². The fraction of sp³-hybridized carbons (Fsp3) is 0.364. The van der Waals surface area contributed by atoms with Gasteiger partial charge in [-0.05, 0) is 50.1 Å². The highest BCUT2D eigenvalue weighted by molar-refractivity contribution is 6.30. The van der Waals surface area contributed by atoms with Gasteiger partial charge in [-0.15, -0.1) is 0 Å². The quantitative estimate of drug-likeness (QED) is 0.786. The Morgan fingerprint density at radius 2 is 1.75 bits per heavy atom. The number of hydrogen-bond acceptors (Lipinski definition) is 3. The number of rotatable bonds is 5. The van der Waals surface area contributed by atoms with Crippen molar-refractivity contribution in [3.05, 3.63) is 59.1 Å². The monoisotopic (exact) mass is 400 g/mol. The minimum absolute atomic E-state index is 0.0405. The molecule has 148 valence electrons. The predicted molar refractivity (Wildman–Crippen MR) is 111 cm³/mol. The molecule has 2 amide bonds. The maximum Gasteiger partial charge on any atom is 0.265 e. The van der Waals surface area contributed by atoms with E-state index in [1.54, 1.807) is 49.4 Å². The molecule has 0 aromatic heterocycles. The lowest BCUT2D eigenvalue weighted by Gasteiger charge is -2.22. The van der Waals surface area contributed by atoms with Crippen LogP contribution in [0.1, 0.15) is 43.0 Å².